The van der Waals surface area contributed by atoms with E-state index in [1.54, 1.807) is 19.1 Å². The molecule has 0 fully saturated rings. The standard InChI is InChI=1S/C11H13NO2/c1-7-4-5-8-6-12(2)11(13)9(8)10(7)14-3/h4-5H,6H2,1-3H3. The molecule has 14 heavy (non-hydrogen) atoms. The molecule has 0 aromatic heterocycles. The van der Waals surface area contributed by atoms with Crippen LogP contribution in [0.4, 0.5) is 0 Å². The van der Waals surface area contributed by atoms with E-state index < -0.39 is 0 Å². The number of methoxy groups -OCH3 is 1. The van der Waals surface area contributed by atoms with E-state index in [-0.39, 0.29) is 5.91 Å². The molecule has 0 saturated carbocycles. The van der Waals surface area contributed by atoms with Gasteiger partial charge in [-0.1, -0.05) is 12.1 Å². The Balaban J connectivity index is 2.64. The van der Waals surface area contributed by atoms with E-state index in [1.807, 2.05) is 19.1 Å². The molecule has 1 amide bonds. The number of nitrogens with zero attached hydrogens (tertiary/aromatic N) is 1. The van der Waals surface area contributed by atoms with Crippen LogP contribution in [-0.4, -0.2) is 25.0 Å². The zero-order valence-electron chi connectivity index (χ0n) is 8.63. The van der Waals surface area contributed by atoms with Crippen LogP contribution in [0.3, 0.4) is 0 Å². The molecule has 0 saturated heterocycles. The smallest absolute Gasteiger partial charge is 0.258 e. The summed E-state index contributed by atoms with van der Waals surface area (Å²) in [5, 5.41) is 0. The van der Waals surface area contributed by atoms with Crippen molar-refractivity contribution < 1.29 is 9.53 Å². The molecule has 0 bridgehead atoms. The van der Waals surface area contributed by atoms with Crippen LogP contribution >= 0.6 is 0 Å². The van der Waals surface area contributed by atoms with Gasteiger partial charge in [0.1, 0.15) is 5.75 Å². The third-order valence-corrected chi connectivity index (χ3v) is 2.61. The fraction of sp³-hybridized carbons (Fsp3) is 0.364. The highest BCUT2D eigenvalue weighted by Crippen LogP contribution is 2.32. The summed E-state index contributed by atoms with van der Waals surface area (Å²) in [6.45, 7) is 2.63. The zero-order valence-corrected chi connectivity index (χ0v) is 8.63. The molecule has 1 aliphatic heterocycles. The minimum Gasteiger partial charge on any atom is -0.496 e. The number of hydrogen-bond donors (Lipinski definition) is 0. The molecule has 1 aromatic carbocycles. The van der Waals surface area contributed by atoms with Gasteiger partial charge in [0.25, 0.3) is 5.91 Å². The molecule has 1 heterocycles. The van der Waals surface area contributed by atoms with E-state index in [0.29, 0.717) is 6.54 Å². The minimum absolute atomic E-state index is 0.0561. The molecule has 74 valence electrons. The summed E-state index contributed by atoms with van der Waals surface area (Å²) in [5.41, 5.74) is 2.80. The molecule has 2 rings (SSSR count). The molecule has 0 aliphatic carbocycles. The van der Waals surface area contributed by atoms with Gasteiger partial charge in [-0.05, 0) is 18.1 Å². The molecule has 1 aliphatic rings. The van der Waals surface area contributed by atoms with Crippen molar-refractivity contribution in [2.24, 2.45) is 0 Å². The summed E-state index contributed by atoms with van der Waals surface area (Å²) in [5.74, 6) is 0.775. The summed E-state index contributed by atoms with van der Waals surface area (Å²) in [6, 6.07) is 3.98. The van der Waals surface area contributed by atoms with Crippen molar-refractivity contribution in [3.8, 4) is 5.75 Å². The summed E-state index contributed by atoms with van der Waals surface area (Å²) >= 11 is 0. The van der Waals surface area contributed by atoms with E-state index in [4.69, 9.17) is 4.74 Å². The SMILES string of the molecule is COc1c(C)ccc2c1C(=O)N(C)C2. The van der Waals surface area contributed by atoms with Gasteiger partial charge in [0.15, 0.2) is 0 Å². The molecular weight excluding hydrogens is 178 g/mol. The molecule has 0 spiro atoms. The highest BCUT2D eigenvalue weighted by Gasteiger charge is 2.28. The Morgan fingerprint density at radius 1 is 1.43 bits per heavy atom. The van der Waals surface area contributed by atoms with Crippen LogP contribution in [0.5, 0.6) is 5.75 Å². The number of ether oxygens (including phenoxy) is 1. The summed E-state index contributed by atoms with van der Waals surface area (Å²) in [4.78, 5) is 13.5. The minimum atomic E-state index is 0.0561. The second-order valence-electron chi connectivity index (χ2n) is 3.61. The summed E-state index contributed by atoms with van der Waals surface area (Å²) in [7, 11) is 3.41. The molecule has 0 unspecified atom stereocenters. The topological polar surface area (TPSA) is 29.5 Å². The Bertz CT molecular complexity index is 399. The van der Waals surface area contributed by atoms with Crippen LogP contribution in [0.15, 0.2) is 12.1 Å². The van der Waals surface area contributed by atoms with E-state index in [0.717, 1.165) is 22.4 Å². The van der Waals surface area contributed by atoms with Gasteiger partial charge in [-0.3, -0.25) is 4.79 Å². The maximum atomic E-state index is 11.8. The van der Waals surface area contributed by atoms with Gasteiger partial charge in [-0.15, -0.1) is 0 Å². The largest absolute Gasteiger partial charge is 0.496 e. The lowest BCUT2D eigenvalue weighted by Gasteiger charge is -2.08. The van der Waals surface area contributed by atoms with Gasteiger partial charge in [0.05, 0.1) is 12.7 Å². The second-order valence-corrected chi connectivity index (χ2v) is 3.61. The van der Waals surface area contributed by atoms with Crippen molar-refractivity contribution in [2.75, 3.05) is 14.2 Å². The van der Waals surface area contributed by atoms with Crippen LogP contribution in [0, 0.1) is 6.92 Å². The lowest BCUT2D eigenvalue weighted by Crippen LogP contribution is -2.18. The van der Waals surface area contributed by atoms with Gasteiger partial charge in [-0.2, -0.15) is 0 Å². The van der Waals surface area contributed by atoms with Crippen molar-refractivity contribution in [1.29, 1.82) is 0 Å². The first-order chi connectivity index (χ1) is 6.65. The van der Waals surface area contributed by atoms with Crippen molar-refractivity contribution in [3.05, 3.63) is 28.8 Å². The molecule has 3 nitrogen and oxygen atoms in total. The first-order valence-electron chi connectivity index (χ1n) is 4.57. The predicted molar refractivity (Wildman–Crippen MR) is 53.5 cm³/mol. The molecule has 0 radical (unpaired) electrons. The lowest BCUT2D eigenvalue weighted by molar-refractivity contribution is 0.0814. The van der Waals surface area contributed by atoms with Crippen LogP contribution in [-0.2, 0) is 6.54 Å². The quantitative estimate of drug-likeness (QED) is 0.674. The maximum Gasteiger partial charge on any atom is 0.258 e. The third-order valence-electron chi connectivity index (χ3n) is 2.61. The number of fused-ring (bicyclic) bond motifs is 1. The fourth-order valence-corrected chi connectivity index (χ4v) is 1.88. The number of rotatable bonds is 1. The first-order valence-corrected chi connectivity index (χ1v) is 4.57. The van der Waals surface area contributed by atoms with E-state index in [9.17, 15) is 4.79 Å². The Morgan fingerprint density at radius 3 is 2.79 bits per heavy atom. The molecule has 0 N–H and O–H groups in total. The van der Waals surface area contributed by atoms with Crippen LogP contribution in [0.1, 0.15) is 21.5 Å². The fourth-order valence-electron chi connectivity index (χ4n) is 1.88. The van der Waals surface area contributed by atoms with Gasteiger partial charge < -0.3 is 9.64 Å². The second kappa shape index (κ2) is 3.01. The van der Waals surface area contributed by atoms with Gasteiger partial charge in [0, 0.05) is 13.6 Å². The highest BCUT2D eigenvalue weighted by atomic mass is 16.5. The monoisotopic (exact) mass is 191 g/mol. The Labute approximate surface area is 83.3 Å². The Hall–Kier alpha value is -1.51. The maximum absolute atomic E-state index is 11.8. The number of benzene rings is 1. The molecule has 0 atom stereocenters. The van der Waals surface area contributed by atoms with Crippen LogP contribution in [0.2, 0.25) is 0 Å². The summed E-state index contributed by atoms with van der Waals surface area (Å²) in [6.07, 6.45) is 0. The van der Waals surface area contributed by atoms with Crippen molar-refractivity contribution in [2.45, 2.75) is 13.5 Å². The third kappa shape index (κ3) is 1.09. The van der Waals surface area contributed by atoms with E-state index in [1.165, 1.54) is 0 Å². The van der Waals surface area contributed by atoms with Gasteiger partial charge >= 0.3 is 0 Å². The average molecular weight is 191 g/mol. The summed E-state index contributed by atoms with van der Waals surface area (Å²) < 4.78 is 5.26. The predicted octanol–water partition coefficient (Wildman–Crippen LogP) is 1.59. The van der Waals surface area contributed by atoms with Crippen LogP contribution < -0.4 is 4.74 Å². The van der Waals surface area contributed by atoms with E-state index in [2.05, 4.69) is 0 Å². The van der Waals surface area contributed by atoms with E-state index >= 15 is 0 Å². The Morgan fingerprint density at radius 2 is 2.14 bits per heavy atom. The highest BCUT2D eigenvalue weighted by molar-refractivity contribution is 6.01. The first kappa shape index (κ1) is 9.06. The molecule has 3 heteroatoms. The average Bonchev–Trinajstić information content (AvgIpc) is 2.45. The van der Waals surface area contributed by atoms with Crippen molar-refractivity contribution in [3.63, 3.8) is 0 Å². The van der Waals surface area contributed by atoms with Crippen LogP contribution in [0.25, 0.3) is 0 Å². The number of amides is 1. The van der Waals surface area contributed by atoms with Crippen molar-refractivity contribution >= 4 is 5.91 Å². The van der Waals surface area contributed by atoms with Gasteiger partial charge in [0.2, 0.25) is 0 Å². The number of carbonyl (C=O) groups excluding carboxylic acids is 1. The van der Waals surface area contributed by atoms with Crippen molar-refractivity contribution in [1.82, 2.24) is 4.90 Å². The Kier molecular flexibility index (Phi) is 1.95. The molecule has 1 aromatic rings. The van der Waals surface area contributed by atoms with Gasteiger partial charge in [-0.25, -0.2) is 0 Å². The number of aryl methyl sites for hydroxylation is 1. The molecular formula is C11H13NO2. The normalized spacial score (nSPS) is 14.5. The lowest BCUT2D eigenvalue weighted by atomic mass is 10.1. The number of carbonyl (C=O) groups is 1. The number of hydrogen-bond acceptors (Lipinski definition) is 2. The zero-order chi connectivity index (χ0) is 10.3.